The smallest absolute Gasteiger partial charge is 0.273 e. The number of thiazole rings is 1. The maximum atomic E-state index is 12.3. The van der Waals surface area contributed by atoms with Crippen LogP contribution in [-0.2, 0) is 19.5 Å². The van der Waals surface area contributed by atoms with E-state index in [1.165, 1.54) is 12.4 Å². The van der Waals surface area contributed by atoms with Gasteiger partial charge in [-0.05, 0) is 19.1 Å². The fourth-order valence-electron chi connectivity index (χ4n) is 1.74. The molecule has 1 saturated heterocycles. The highest BCUT2D eigenvalue weighted by molar-refractivity contribution is 7.94. The minimum atomic E-state index is -3.68. The molecule has 1 aliphatic heterocycles. The summed E-state index contributed by atoms with van der Waals surface area (Å²) in [5.74, 6) is 0. The van der Waals surface area contributed by atoms with Crippen molar-refractivity contribution in [3.05, 3.63) is 35.2 Å². The normalized spacial score (nSPS) is 16.2. The molecule has 1 fully saturated rings. The summed E-state index contributed by atoms with van der Waals surface area (Å²) >= 11 is 1.03. The quantitative estimate of drug-likeness (QED) is 0.919. The Balaban J connectivity index is 1.79. The molecule has 0 aromatic carbocycles. The van der Waals surface area contributed by atoms with Crippen LogP contribution in [0.25, 0.3) is 0 Å². The number of sulfonamides is 1. The molecular formula is C12H13N3O4S2. The minimum Gasteiger partial charge on any atom is -0.344 e. The Morgan fingerprint density at radius 1 is 1.24 bits per heavy atom. The number of pyridine rings is 1. The molecular weight excluding hydrogens is 314 g/mol. The molecule has 1 N–H and O–H groups in total. The zero-order valence-corrected chi connectivity index (χ0v) is 12.8. The van der Waals surface area contributed by atoms with E-state index in [0.29, 0.717) is 23.9 Å². The van der Waals surface area contributed by atoms with Gasteiger partial charge in [-0.25, -0.2) is 13.4 Å². The lowest BCUT2D eigenvalue weighted by molar-refractivity contribution is -0.0442. The summed E-state index contributed by atoms with van der Waals surface area (Å²) in [6.45, 7) is 2.80. The van der Waals surface area contributed by atoms with E-state index in [1.807, 2.05) is 6.92 Å². The fourth-order valence-corrected chi connectivity index (χ4v) is 3.93. The van der Waals surface area contributed by atoms with Crippen molar-refractivity contribution in [1.82, 2.24) is 9.97 Å². The Morgan fingerprint density at radius 3 is 2.67 bits per heavy atom. The van der Waals surface area contributed by atoms with Crippen LogP contribution in [0.15, 0.2) is 28.7 Å². The standard InChI is InChI=1S/C12H13N3O4S2/c1-8-2-3-9(6-13-8)15-21(16,17)10-7-14-11(20-10)12-18-4-5-19-12/h2-3,6-7,12,15H,4-5H2,1H3. The molecule has 0 atom stereocenters. The van der Waals surface area contributed by atoms with Gasteiger partial charge in [-0.15, -0.1) is 11.3 Å². The second kappa shape index (κ2) is 5.68. The monoisotopic (exact) mass is 327 g/mol. The summed E-state index contributed by atoms with van der Waals surface area (Å²) in [6, 6.07) is 3.39. The molecule has 0 aliphatic carbocycles. The predicted molar refractivity (Wildman–Crippen MR) is 76.5 cm³/mol. The van der Waals surface area contributed by atoms with Crippen LogP contribution in [0.5, 0.6) is 0 Å². The van der Waals surface area contributed by atoms with Crippen LogP contribution in [0.4, 0.5) is 5.69 Å². The van der Waals surface area contributed by atoms with Crippen molar-refractivity contribution in [1.29, 1.82) is 0 Å². The molecule has 3 heterocycles. The number of nitrogens with zero attached hydrogens (tertiary/aromatic N) is 2. The number of aromatic nitrogens is 2. The second-order valence-corrected chi connectivity index (χ2v) is 7.36. The van der Waals surface area contributed by atoms with E-state index in [1.54, 1.807) is 12.1 Å². The number of nitrogens with one attached hydrogen (secondary N) is 1. The molecule has 112 valence electrons. The van der Waals surface area contributed by atoms with Crippen molar-refractivity contribution >= 4 is 27.0 Å². The lowest BCUT2D eigenvalue weighted by atomic mass is 10.4. The van der Waals surface area contributed by atoms with Crippen molar-refractivity contribution in [2.45, 2.75) is 17.4 Å². The largest absolute Gasteiger partial charge is 0.344 e. The number of rotatable bonds is 4. The summed E-state index contributed by atoms with van der Waals surface area (Å²) < 4.78 is 37.7. The number of hydrogen-bond acceptors (Lipinski definition) is 7. The Morgan fingerprint density at radius 2 is 2.00 bits per heavy atom. The van der Waals surface area contributed by atoms with Crippen LogP contribution in [0.1, 0.15) is 17.0 Å². The molecule has 3 rings (SSSR count). The summed E-state index contributed by atoms with van der Waals surface area (Å²) in [5, 5.41) is 0.495. The topological polar surface area (TPSA) is 90.4 Å². The first-order chi connectivity index (χ1) is 10.0. The van der Waals surface area contributed by atoms with E-state index < -0.39 is 16.3 Å². The van der Waals surface area contributed by atoms with Gasteiger partial charge in [0.1, 0.15) is 0 Å². The molecule has 0 spiro atoms. The Labute approximate surface area is 126 Å². The molecule has 1 aliphatic rings. The van der Waals surface area contributed by atoms with Gasteiger partial charge in [0.25, 0.3) is 10.0 Å². The average molecular weight is 327 g/mol. The first-order valence-corrected chi connectivity index (χ1v) is 8.49. The zero-order chi connectivity index (χ0) is 14.9. The average Bonchev–Trinajstić information content (AvgIpc) is 3.11. The zero-order valence-electron chi connectivity index (χ0n) is 11.1. The molecule has 0 unspecified atom stereocenters. The van der Waals surface area contributed by atoms with Crippen molar-refractivity contribution in [2.75, 3.05) is 17.9 Å². The molecule has 0 bridgehead atoms. The summed E-state index contributed by atoms with van der Waals surface area (Å²) in [7, 11) is -3.68. The van der Waals surface area contributed by atoms with Crippen molar-refractivity contribution in [3.63, 3.8) is 0 Å². The molecule has 0 saturated carbocycles. The van der Waals surface area contributed by atoms with Gasteiger partial charge in [0.15, 0.2) is 9.22 Å². The first kappa shape index (κ1) is 14.4. The SMILES string of the molecule is Cc1ccc(NS(=O)(=O)c2cnc(C3OCCO3)s2)cn1. The van der Waals surface area contributed by atoms with E-state index >= 15 is 0 Å². The van der Waals surface area contributed by atoms with Crippen LogP contribution in [-0.4, -0.2) is 31.6 Å². The van der Waals surface area contributed by atoms with Crippen LogP contribution in [0.3, 0.4) is 0 Å². The van der Waals surface area contributed by atoms with E-state index in [-0.39, 0.29) is 4.21 Å². The summed E-state index contributed by atoms with van der Waals surface area (Å²) in [6.07, 6.45) is 2.20. The lowest BCUT2D eigenvalue weighted by Crippen LogP contribution is -2.11. The van der Waals surface area contributed by atoms with Gasteiger partial charge in [0.2, 0.25) is 6.29 Å². The molecule has 7 nitrogen and oxygen atoms in total. The number of ether oxygens (including phenoxy) is 2. The van der Waals surface area contributed by atoms with Gasteiger partial charge < -0.3 is 9.47 Å². The van der Waals surface area contributed by atoms with Gasteiger partial charge in [-0.1, -0.05) is 0 Å². The lowest BCUT2D eigenvalue weighted by Gasteiger charge is -2.06. The van der Waals surface area contributed by atoms with Gasteiger partial charge in [0.05, 0.1) is 31.3 Å². The highest BCUT2D eigenvalue weighted by Crippen LogP contribution is 2.30. The molecule has 0 amide bonds. The van der Waals surface area contributed by atoms with Crippen LogP contribution in [0.2, 0.25) is 0 Å². The van der Waals surface area contributed by atoms with Crippen molar-refractivity contribution in [2.24, 2.45) is 0 Å². The number of anilines is 1. The van der Waals surface area contributed by atoms with Crippen LogP contribution in [0, 0.1) is 6.92 Å². The van der Waals surface area contributed by atoms with Crippen molar-refractivity contribution < 1.29 is 17.9 Å². The predicted octanol–water partition coefficient (Wildman–Crippen LogP) is 1.69. The fraction of sp³-hybridized carbons (Fsp3) is 0.333. The van der Waals surface area contributed by atoms with Crippen LogP contribution < -0.4 is 4.72 Å². The Hall–Kier alpha value is -1.55. The van der Waals surface area contributed by atoms with Gasteiger partial charge in [-0.2, -0.15) is 0 Å². The maximum Gasteiger partial charge on any atom is 0.273 e. The highest BCUT2D eigenvalue weighted by atomic mass is 32.2. The van der Waals surface area contributed by atoms with Gasteiger partial charge in [-0.3, -0.25) is 9.71 Å². The third kappa shape index (κ3) is 3.21. The van der Waals surface area contributed by atoms with E-state index in [9.17, 15) is 8.42 Å². The summed E-state index contributed by atoms with van der Waals surface area (Å²) in [4.78, 5) is 8.10. The Kier molecular flexibility index (Phi) is 3.89. The number of aryl methyl sites for hydroxylation is 1. The third-order valence-corrected chi connectivity index (χ3v) is 5.62. The van der Waals surface area contributed by atoms with E-state index in [4.69, 9.17) is 9.47 Å². The van der Waals surface area contributed by atoms with E-state index in [2.05, 4.69) is 14.7 Å². The molecule has 2 aromatic rings. The van der Waals surface area contributed by atoms with E-state index in [0.717, 1.165) is 17.0 Å². The van der Waals surface area contributed by atoms with Gasteiger partial charge >= 0.3 is 0 Å². The highest BCUT2D eigenvalue weighted by Gasteiger charge is 2.25. The molecule has 2 aromatic heterocycles. The summed E-state index contributed by atoms with van der Waals surface area (Å²) in [5.41, 5.74) is 1.22. The first-order valence-electron chi connectivity index (χ1n) is 6.19. The third-order valence-electron chi connectivity index (χ3n) is 2.75. The van der Waals surface area contributed by atoms with Crippen LogP contribution >= 0.6 is 11.3 Å². The second-order valence-electron chi connectivity index (χ2n) is 4.38. The Bertz CT molecular complexity index is 721. The molecule has 9 heteroatoms. The maximum absolute atomic E-state index is 12.3. The van der Waals surface area contributed by atoms with Gasteiger partial charge in [0, 0.05) is 5.69 Å². The number of hydrogen-bond donors (Lipinski definition) is 1. The molecule has 21 heavy (non-hydrogen) atoms. The van der Waals surface area contributed by atoms with Crippen molar-refractivity contribution in [3.8, 4) is 0 Å². The molecule has 0 radical (unpaired) electrons. The minimum absolute atomic E-state index is 0.108.